The molecule has 0 heterocycles. The van der Waals surface area contributed by atoms with Gasteiger partial charge in [-0.1, -0.05) is 11.8 Å². The normalized spacial score (nSPS) is 12.5. The number of rotatable bonds is 20. The molecule has 0 unspecified atom stereocenters. The maximum atomic E-state index is 9.87. The molecule has 8 nitrogen and oxygen atoms in total. The average molecular weight is 942 g/mol. The fraction of sp³-hybridized carbons (Fsp3) is 0.182. The van der Waals surface area contributed by atoms with Crippen LogP contribution in [0.15, 0.2) is 185 Å². The Labute approximate surface area is 365 Å². The number of benzene rings is 6. The number of aliphatic hydroxyl groups is 4. The average Bonchev–Trinajstić information content (AvgIpc) is 3.25. The van der Waals surface area contributed by atoms with Gasteiger partial charge in [-0.05, 0) is 146 Å². The molecule has 6 aromatic carbocycles. The third-order valence-electron chi connectivity index (χ3n) is 8.03. The smallest absolute Gasteiger partial charge is 0.166 e. The van der Waals surface area contributed by atoms with Crippen LogP contribution in [0.4, 0.5) is 25.2 Å². The van der Waals surface area contributed by atoms with E-state index >= 15 is 0 Å². The van der Waals surface area contributed by atoms with Gasteiger partial charge in [0.15, 0.2) is 29.4 Å². The van der Waals surface area contributed by atoms with Crippen molar-refractivity contribution in [1.82, 2.24) is 0 Å². The van der Waals surface area contributed by atoms with Crippen LogP contribution in [0.5, 0.6) is 23.0 Å². The summed E-state index contributed by atoms with van der Waals surface area (Å²) in [7, 11) is -11.5. The first-order valence-electron chi connectivity index (χ1n) is 18.8. The van der Waals surface area contributed by atoms with E-state index in [-0.39, 0.29) is 52.9 Å². The maximum absolute atomic E-state index is 10.7. The van der Waals surface area contributed by atoms with E-state index in [1.165, 1.54) is 0 Å². The first-order valence-corrected chi connectivity index (χ1v) is 24.1. The van der Waals surface area contributed by atoms with Gasteiger partial charge in [0.2, 0.25) is 0 Å². The second kappa shape index (κ2) is 21.7. The van der Waals surface area contributed by atoms with E-state index in [2.05, 4.69) is 97.1 Å². The van der Waals surface area contributed by atoms with Crippen molar-refractivity contribution in [2.24, 2.45) is 0 Å². The molecule has 0 radical (unpaired) electrons. The third-order valence-corrected chi connectivity index (χ3v) is 13.5. The standard InChI is InChI=1S/C44H44O8S3.F6P/c45-25-29-49-33-1-13-39(14-2-33)54(40-15-3-34(4-16-40)50-30-26-46)43-21-9-37(10-22-43)53-38-11-23-44(24-12-38)55(41-17-5-35(6-18-41)51-31-27-47)42-19-7-36(8-20-42)52-32-28-48;1-7(2,3,4,5)6/h1-24,45-48H,25-32H2;/q+2;-1. The Kier molecular flexibility index (Phi) is 16.9. The van der Waals surface area contributed by atoms with E-state index in [0.717, 1.165) is 39.2 Å². The molecule has 0 aliphatic rings. The zero-order chi connectivity index (χ0) is 44.7. The minimum atomic E-state index is -10.7. The summed E-state index contributed by atoms with van der Waals surface area (Å²) in [5, 5.41) is 36.7. The summed E-state index contributed by atoms with van der Waals surface area (Å²) in [6.45, 7) is 0.825. The SMILES string of the molecule is F[P-](F)(F)(F)(F)F.OCCOc1ccc([S+](c2ccc(OCCO)cc2)c2ccc(Sc3ccc([S+](c4ccc(OCCO)cc4)c4ccc(OCCO)cc4)cc3)cc2)cc1. The van der Waals surface area contributed by atoms with E-state index in [1.54, 1.807) is 11.8 Å². The van der Waals surface area contributed by atoms with Crippen LogP contribution in [0, 0.1) is 0 Å². The first kappa shape index (κ1) is 48.5. The monoisotopic (exact) mass is 941 g/mol. The van der Waals surface area contributed by atoms with Gasteiger partial charge in [0.05, 0.1) is 48.2 Å². The van der Waals surface area contributed by atoms with Crippen molar-refractivity contribution >= 4 is 41.4 Å². The summed E-state index contributed by atoms with van der Waals surface area (Å²) in [4.78, 5) is 9.10. The van der Waals surface area contributed by atoms with Crippen LogP contribution in [0.1, 0.15) is 0 Å². The molecule has 0 bridgehead atoms. The van der Waals surface area contributed by atoms with Gasteiger partial charge in [-0.25, -0.2) is 0 Å². The maximum Gasteiger partial charge on any atom is 0.166 e. The quantitative estimate of drug-likeness (QED) is 0.0337. The largest absolute Gasteiger partial charge is 0.491 e. The van der Waals surface area contributed by atoms with Crippen molar-refractivity contribution in [3.63, 3.8) is 0 Å². The van der Waals surface area contributed by atoms with E-state index < -0.39 is 29.6 Å². The van der Waals surface area contributed by atoms with E-state index in [9.17, 15) is 25.2 Å². The molecule has 0 fully saturated rings. The van der Waals surface area contributed by atoms with Crippen LogP contribution in [0.3, 0.4) is 0 Å². The number of aliphatic hydroxyl groups excluding tert-OH is 4. The molecule has 0 amide bonds. The van der Waals surface area contributed by atoms with Crippen molar-refractivity contribution in [2.75, 3.05) is 52.9 Å². The van der Waals surface area contributed by atoms with Crippen molar-refractivity contribution in [3.8, 4) is 23.0 Å². The molecule has 0 spiro atoms. The van der Waals surface area contributed by atoms with Gasteiger partial charge in [-0.15, -0.1) is 0 Å². The van der Waals surface area contributed by atoms with Crippen molar-refractivity contribution in [1.29, 1.82) is 0 Å². The summed E-state index contributed by atoms with van der Waals surface area (Å²) < 4.78 is 81.7. The summed E-state index contributed by atoms with van der Waals surface area (Å²) >= 11 is 1.71. The Morgan fingerprint density at radius 3 is 0.694 bits per heavy atom. The van der Waals surface area contributed by atoms with Crippen LogP contribution >= 0.6 is 19.6 Å². The third kappa shape index (κ3) is 16.6. The Balaban J connectivity index is 0.000000955. The number of hydrogen-bond acceptors (Lipinski definition) is 9. The molecular weight excluding hydrogens is 898 g/mol. The van der Waals surface area contributed by atoms with Crippen LogP contribution in [0.25, 0.3) is 0 Å². The molecule has 62 heavy (non-hydrogen) atoms. The number of hydrogen-bond donors (Lipinski definition) is 4. The minimum Gasteiger partial charge on any atom is -0.491 e. The Hall–Kier alpha value is -4.58. The second-order valence-corrected chi connectivity index (χ2v) is 19.9. The van der Waals surface area contributed by atoms with Gasteiger partial charge in [0.1, 0.15) is 49.4 Å². The van der Waals surface area contributed by atoms with Crippen LogP contribution in [-0.4, -0.2) is 73.3 Å². The molecule has 0 atom stereocenters. The van der Waals surface area contributed by atoms with Gasteiger partial charge in [-0.2, -0.15) is 0 Å². The predicted octanol–water partition coefficient (Wildman–Crippen LogP) is 10.9. The molecule has 0 saturated carbocycles. The molecular formula is C44H44F6O8PS3+. The summed E-state index contributed by atoms with van der Waals surface area (Å²) in [6.07, 6.45) is 0. The Morgan fingerprint density at radius 1 is 0.339 bits per heavy atom. The fourth-order valence-electron chi connectivity index (χ4n) is 5.58. The molecule has 6 aromatic rings. The summed E-state index contributed by atoms with van der Waals surface area (Å²) in [5.41, 5.74) is 0. The van der Waals surface area contributed by atoms with Crippen LogP contribution in [0.2, 0.25) is 0 Å². The number of ether oxygens (including phenoxy) is 4. The van der Waals surface area contributed by atoms with Gasteiger partial charge >= 0.3 is 33.0 Å². The van der Waals surface area contributed by atoms with E-state index in [0.29, 0.717) is 23.0 Å². The summed E-state index contributed by atoms with van der Waals surface area (Å²) in [6, 6.07) is 49.5. The molecule has 0 aliphatic carbocycles. The minimum absolute atomic E-state index is 0.0398. The van der Waals surface area contributed by atoms with Gasteiger partial charge in [0, 0.05) is 9.79 Å². The molecule has 0 aliphatic heterocycles. The van der Waals surface area contributed by atoms with Crippen molar-refractivity contribution in [3.05, 3.63) is 146 Å². The fourth-order valence-corrected chi connectivity index (χ4v) is 10.5. The molecule has 6 rings (SSSR count). The Morgan fingerprint density at radius 2 is 0.516 bits per heavy atom. The second-order valence-electron chi connectivity index (χ2n) is 12.8. The van der Waals surface area contributed by atoms with Gasteiger partial charge < -0.3 is 39.4 Å². The van der Waals surface area contributed by atoms with Crippen LogP contribution in [-0.2, 0) is 21.8 Å². The predicted molar refractivity (Wildman–Crippen MR) is 231 cm³/mol. The van der Waals surface area contributed by atoms with Crippen LogP contribution < -0.4 is 18.9 Å². The van der Waals surface area contributed by atoms with E-state index in [4.69, 9.17) is 39.4 Å². The molecule has 0 saturated heterocycles. The van der Waals surface area contributed by atoms with E-state index in [1.807, 2.05) is 48.5 Å². The van der Waals surface area contributed by atoms with Crippen molar-refractivity contribution < 1.29 is 64.6 Å². The number of halogens is 6. The Bertz CT molecular complexity index is 2000. The van der Waals surface area contributed by atoms with Crippen molar-refractivity contribution in [2.45, 2.75) is 39.2 Å². The summed E-state index contributed by atoms with van der Waals surface area (Å²) in [5.74, 6) is 2.84. The molecule has 4 N–H and O–H groups in total. The molecule has 18 heteroatoms. The van der Waals surface area contributed by atoms with Gasteiger partial charge in [0.25, 0.3) is 0 Å². The van der Waals surface area contributed by atoms with Gasteiger partial charge in [-0.3, -0.25) is 0 Å². The first-order chi connectivity index (χ1) is 29.5. The zero-order valence-corrected chi connectivity index (χ0v) is 36.2. The molecule has 0 aromatic heterocycles. The zero-order valence-electron chi connectivity index (χ0n) is 32.9. The topological polar surface area (TPSA) is 118 Å². The molecule has 332 valence electrons.